The average molecular weight is 330 g/mol. The SMILES string of the molecule is C=C1C(SCC)=C/C(=N\Sc2cccs2)c2ccccc21. The zero-order valence-electron chi connectivity index (χ0n) is 11.7. The quantitative estimate of drug-likeness (QED) is 0.647. The maximum absolute atomic E-state index is 4.75. The fourth-order valence-electron chi connectivity index (χ4n) is 2.16. The predicted octanol–water partition coefficient (Wildman–Crippen LogP) is 5.91. The number of thioether (sulfide) groups is 1. The van der Waals surface area contributed by atoms with Crippen LogP contribution in [0.5, 0.6) is 0 Å². The van der Waals surface area contributed by atoms with Gasteiger partial charge in [0, 0.05) is 22.4 Å². The molecule has 0 unspecified atom stereocenters. The molecule has 4 heteroatoms. The highest BCUT2D eigenvalue weighted by Crippen LogP contribution is 2.37. The summed E-state index contributed by atoms with van der Waals surface area (Å²) in [4.78, 5) is 1.22. The maximum atomic E-state index is 4.75. The van der Waals surface area contributed by atoms with Crippen molar-refractivity contribution in [2.24, 2.45) is 4.40 Å². The van der Waals surface area contributed by atoms with Crippen molar-refractivity contribution in [2.75, 3.05) is 5.75 Å². The Balaban J connectivity index is 2.00. The fourth-order valence-corrected chi connectivity index (χ4v) is 4.33. The van der Waals surface area contributed by atoms with Gasteiger partial charge in [-0.15, -0.1) is 23.1 Å². The van der Waals surface area contributed by atoms with Crippen LogP contribution in [0, 0.1) is 0 Å². The van der Waals surface area contributed by atoms with Gasteiger partial charge in [0.1, 0.15) is 0 Å². The normalized spacial score (nSPS) is 16.0. The molecule has 21 heavy (non-hydrogen) atoms. The van der Waals surface area contributed by atoms with Crippen LogP contribution in [0.15, 0.2) is 67.9 Å². The molecule has 1 aliphatic rings. The topological polar surface area (TPSA) is 12.4 Å². The molecule has 2 aromatic rings. The Kier molecular flexibility index (Phi) is 4.68. The van der Waals surface area contributed by atoms with Gasteiger partial charge in [0.15, 0.2) is 0 Å². The second-order valence-electron chi connectivity index (χ2n) is 4.47. The van der Waals surface area contributed by atoms with E-state index in [1.54, 1.807) is 23.3 Å². The summed E-state index contributed by atoms with van der Waals surface area (Å²) in [5.74, 6) is 1.04. The molecular weight excluding hydrogens is 314 g/mol. The van der Waals surface area contributed by atoms with Crippen LogP contribution in [0.4, 0.5) is 0 Å². The second kappa shape index (κ2) is 6.69. The summed E-state index contributed by atoms with van der Waals surface area (Å²) in [6.45, 7) is 6.41. The molecule has 1 heterocycles. The molecule has 0 saturated carbocycles. The molecule has 0 amide bonds. The summed E-state index contributed by atoms with van der Waals surface area (Å²) in [5.41, 5.74) is 4.51. The average Bonchev–Trinajstić information content (AvgIpc) is 3.02. The molecule has 0 radical (unpaired) electrons. The van der Waals surface area contributed by atoms with Crippen molar-refractivity contribution in [1.82, 2.24) is 0 Å². The van der Waals surface area contributed by atoms with Gasteiger partial charge < -0.3 is 0 Å². The van der Waals surface area contributed by atoms with Gasteiger partial charge >= 0.3 is 0 Å². The monoisotopic (exact) mass is 329 g/mol. The molecule has 106 valence electrons. The van der Waals surface area contributed by atoms with Crippen molar-refractivity contribution in [3.8, 4) is 0 Å². The lowest BCUT2D eigenvalue weighted by molar-refractivity contribution is 1.51. The highest BCUT2D eigenvalue weighted by Gasteiger charge is 2.19. The summed E-state index contributed by atoms with van der Waals surface area (Å²) in [6.07, 6.45) is 2.17. The molecule has 1 aromatic heterocycles. The van der Waals surface area contributed by atoms with Crippen molar-refractivity contribution in [3.63, 3.8) is 0 Å². The van der Waals surface area contributed by atoms with Gasteiger partial charge in [-0.05, 0) is 34.4 Å². The fraction of sp³-hybridized carbons (Fsp3) is 0.118. The zero-order valence-corrected chi connectivity index (χ0v) is 14.2. The van der Waals surface area contributed by atoms with E-state index in [4.69, 9.17) is 4.40 Å². The molecule has 1 aromatic carbocycles. The molecule has 1 aliphatic carbocycles. The largest absolute Gasteiger partial charge is 0.210 e. The number of hydrogen-bond donors (Lipinski definition) is 0. The first-order chi connectivity index (χ1) is 10.3. The molecule has 0 saturated heterocycles. The molecule has 0 spiro atoms. The first-order valence-electron chi connectivity index (χ1n) is 6.71. The van der Waals surface area contributed by atoms with Crippen LogP contribution >= 0.6 is 35.0 Å². The van der Waals surface area contributed by atoms with E-state index in [2.05, 4.69) is 61.4 Å². The zero-order chi connectivity index (χ0) is 14.7. The molecule has 3 rings (SSSR count). The van der Waals surface area contributed by atoms with Crippen LogP contribution < -0.4 is 0 Å². The highest BCUT2D eigenvalue weighted by molar-refractivity contribution is 8.03. The van der Waals surface area contributed by atoms with Gasteiger partial charge in [-0.3, -0.25) is 0 Å². The third-order valence-corrected chi connectivity index (χ3v) is 5.86. The number of rotatable bonds is 4. The molecule has 0 bridgehead atoms. The number of allylic oxidation sites excluding steroid dienone is 2. The van der Waals surface area contributed by atoms with Crippen LogP contribution in [0.3, 0.4) is 0 Å². The van der Waals surface area contributed by atoms with Crippen LogP contribution in [0.2, 0.25) is 0 Å². The summed E-state index contributed by atoms with van der Waals surface area (Å²) in [7, 11) is 0. The van der Waals surface area contributed by atoms with E-state index < -0.39 is 0 Å². The number of thiophene rings is 1. The summed E-state index contributed by atoms with van der Waals surface area (Å²) < 4.78 is 5.96. The van der Waals surface area contributed by atoms with Crippen molar-refractivity contribution in [2.45, 2.75) is 11.1 Å². The third-order valence-electron chi connectivity index (χ3n) is 3.12. The van der Waals surface area contributed by atoms with E-state index in [1.807, 2.05) is 11.8 Å². The minimum Gasteiger partial charge on any atom is -0.210 e. The van der Waals surface area contributed by atoms with Gasteiger partial charge in [0.05, 0.1) is 9.92 Å². The Bertz CT molecular complexity index is 711. The number of benzene rings is 1. The lowest BCUT2D eigenvalue weighted by Crippen LogP contribution is -2.08. The van der Waals surface area contributed by atoms with Gasteiger partial charge in [0.25, 0.3) is 0 Å². The first kappa shape index (κ1) is 14.7. The standard InChI is InChI=1S/C17H15NS3/c1-3-19-16-11-15(18-21-17-9-6-10-20-17)14-8-5-4-7-13(14)12(16)2/h4-11H,2-3H2,1H3/b18-15+. The molecule has 0 N–H and O–H groups in total. The maximum Gasteiger partial charge on any atom is 0.0828 e. The number of fused-ring (bicyclic) bond motifs is 1. The number of nitrogens with zero attached hydrogens (tertiary/aromatic N) is 1. The van der Waals surface area contributed by atoms with E-state index in [0.29, 0.717) is 0 Å². The Morgan fingerprint density at radius 1 is 1.14 bits per heavy atom. The first-order valence-corrected chi connectivity index (χ1v) is 9.35. The predicted molar refractivity (Wildman–Crippen MR) is 98.4 cm³/mol. The van der Waals surface area contributed by atoms with E-state index in [1.165, 1.54) is 20.2 Å². The van der Waals surface area contributed by atoms with Crippen LogP contribution in [0.25, 0.3) is 5.57 Å². The lowest BCUT2D eigenvalue weighted by Gasteiger charge is -2.20. The smallest absolute Gasteiger partial charge is 0.0828 e. The second-order valence-corrected chi connectivity index (χ2v) is 7.78. The van der Waals surface area contributed by atoms with E-state index >= 15 is 0 Å². The summed E-state index contributed by atoms with van der Waals surface area (Å²) in [6, 6.07) is 12.5. The summed E-state index contributed by atoms with van der Waals surface area (Å²) >= 11 is 5.08. The van der Waals surface area contributed by atoms with Crippen molar-refractivity contribution >= 4 is 46.3 Å². The number of hydrogen-bond acceptors (Lipinski definition) is 4. The van der Waals surface area contributed by atoms with E-state index in [9.17, 15) is 0 Å². The van der Waals surface area contributed by atoms with E-state index in [0.717, 1.165) is 17.0 Å². The van der Waals surface area contributed by atoms with Crippen molar-refractivity contribution < 1.29 is 0 Å². The van der Waals surface area contributed by atoms with Gasteiger partial charge in [0.2, 0.25) is 0 Å². The molecule has 0 aliphatic heterocycles. The molecule has 0 fully saturated rings. The molecule has 1 nitrogen and oxygen atoms in total. The van der Waals surface area contributed by atoms with Gasteiger partial charge in [-0.2, -0.15) is 0 Å². The Hall–Kier alpha value is -1.23. The third kappa shape index (κ3) is 3.18. The van der Waals surface area contributed by atoms with Gasteiger partial charge in [-0.1, -0.05) is 43.8 Å². The Morgan fingerprint density at radius 2 is 1.95 bits per heavy atom. The minimum absolute atomic E-state index is 1.03. The summed E-state index contributed by atoms with van der Waals surface area (Å²) in [5, 5.41) is 2.08. The van der Waals surface area contributed by atoms with Crippen molar-refractivity contribution in [3.05, 3.63) is 70.5 Å². The Morgan fingerprint density at radius 3 is 2.67 bits per heavy atom. The van der Waals surface area contributed by atoms with Crippen LogP contribution in [-0.2, 0) is 0 Å². The molecule has 0 atom stereocenters. The van der Waals surface area contributed by atoms with E-state index in [-0.39, 0.29) is 0 Å². The van der Waals surface area contributed by atoms with Gasteiger partial charge in [-0.25, -0.2) is 4.40 Å². The molecular formula is C17H15NS3. The Labute approximate surface area is 138 Å². The van der Waals surface area contributed by atoms with Crippen molar-refractivity contribution in [1.29, 1.82) is 0 Å². The minimum atomic E-state index is 1.03. The van der Waals surface area contributed by atoms with Crippen LogP contribution in [0.1, 0.15) is 18.1 Å². The lowest BCUT2D eigenvalue weighted by atomic mass is 9.92. The highest BCUT2D eigenvalue weighted by atomic mass is 32.2. The van der Waals surface area contributed by atoms with Crippen LogP contribution in [-0.4, -0.2) is 11.5 Å².